The van der Waals surface area contributed by atoms with Crippen LogP contribution in [0.4, 0.5) is 5.69 Å². The van der Waals surface area contributed by atoms with Crippen molar-refractivity contribution in [1.29, 1.82) is 0 Å². The fraction of sp³-hybridized carbons (Fsp3) is 0.214. The molecular weight excluding hydrogens is 466 g/mol. The minimum absolute atomic E-state index is 0.202. The van der Waals surface area contributed by atoms with Crippen molar-refractivity contribution < 1.29 is 23.9 Å². The number of para-hydroxylation sites is 1. The van der Waals surface area contributed by atoms with Gasteiger partial charge in [0, 0.05) is 11.1 Å². The van der Waals surface area contributed by atoms with Crippen molar-refractivity contribution in [3.8, 4) is 0 Å². The van der Waals surface area contributed by atoms with Crippen LogP contribution in [-0.2, 0) is 14.3 Å². The van der Waals surface area contributed by atoms with Gasteiger partial charge in [-0.3, -0.25) is 19.2 Å². The standard InChI is InChI=1S/C28H20ClNO5/c1-14-11-12-16(13-15(14)2)23-21-22(27(34)30(26(21)33)20-10-6-5-9-19(20)29)28(35-23)24(31)17-7-3-4-8-18(17)25(28)32/h3-13,21-23H,1-2H3/t21-,22-,23+/m0/s1. The van der Waals surface area contributed by atoms with Crippen molar-refractivity contribution in [2.75, 3.05) is 4.90 Å². The number of hydrogen-bond donors (Lipinski definition) is 0. The Morgan fingerprint density at radius 1 is 0.800 bits per heavy atom. The van der Waals surface area contributed by atoms with Crippen molar-refractivity contribution >= 4 is 40.7 Å². The number of nitrogens with zero attached hydrogens (tertiary/aromatic N) is 1. The van der Waals surface area contributed by atoms with Gasteiger partial charge in [-0.25, -0.2) is 4.90 Å². The smallest absolute Gasteiger partial charge is 0.241 e. The second kappa shape index (κ2) is 7.44. The molecule has 3 aromatic carbocycles. The van der Waals surface area contributed by atoms with Crippen molar-refractivity contribution in [2.24, 2.45) is 11.8 Å². The molecule has 1 aliphatic carbocycles. The van der Waals surface area contributed by atoms with E-state index in [1.54, 1.807) is 48.5 Å². The maximum atomic E-state index is 13.9. The van der Waals surface area contributed by atoms with Crippen LogP contribution in [0.15, 0.2) is 66.7 Å². The van der Waals surface area contributed by atoms with Crippen molar-refractivity contribution in [3.63, 3.8) is 0 Å². The number of ketones is 2. The summed E-state index contributed by atoms with van der Waals surface area (Å²) in [7, 11) is 0. The zero-order chi connectivity index (χ0) is 24.6. The highest BCUT2D eigenvalue weighted by molar-refractivity contribution is 6.39. The monoisotopic (exact) mass is 485 g/mol. The van der Waals surface area contributed by atoms with Gasteiger partial charge in [0.25, 0.3) is 0 Å². The van der Waals surface area contributed by atoms with Crippen molar-refractivity contribution in [2.45, 2.75) is 25.6 Å². The Morgan fingerprint density at radius 2 is 1.43 bits per heavy atom. The molecule has 0 N–H and O–H groups in total. The summed E-state index contributed by atoms with van der Waals surface area (Å²) in [6.45, 7) is 3.89. The molecule has 0 radical (unpaired) electrons. The third-order valence-electron chi connectivity index (χ3n) is 7.47. The molecule has 6 rings (SSSR count). The highest BCUT2D eigenvalue weighted by atomic mass is 35.5. The zero-order valence-electron chi connectivity index (χ0n) is 18.9. The first kappa shape index (κ1) is 21.9. The molecule has 35 heavy (non-hydrogen) atoms. The number of aryl methyl sites for hydroxylation is 2. The molecule has 2 aliphatic heterocycles. The Balaban J connectivity index is 1.57. The van der Waals surface area contributed by atoms with Crippen LogP contribution in [-0.4, -0.2) is 29.0 Å². The van der Waals surface area contributed by atoms with Crippen LogP contribution in [0.1, 0.15) is 43.5 Å². The van der Waals surface area contributed by atoms with Gasteiger partial charge in [0.1, 0.15) is 0 Å². The topological polar surface area (TPSA) is 80.8 Å². The van der Waals surface area contributed by atoms with Crippen LogP contribution < -0.4 is 4.90 Å². The van der Waals surface area contributed by atoms with E-state index < -0.39 is 46.9 Å². The Labute approximate surface area is 206 Å². The average molecular weight is 486 g/mol. The average Bonchev–Trinajstić information content (AvgIpc) is 3.41. The number of Topliss-reactive ketones (excluding diaryl/α,β-unsaturated/α-hetero) is 2. The lowest BCUT2D eigenvalue weighted by atomic mass is 9.77. The van der Waals surface area contributed by atoms with Crippen LogP contribution in [0.3, 0.4) is 0 Å². The zero-order valence-corrected chi connectivity index (χ0v) is 19.7. The van der Waals surface area contributed by atoms with Gasteiger partial charge in [-0.2, -0.15) is 0 Å². The molecule has 3 aliphatic rings. The molecular formula is C28H20ClNO5. The van der Waals surface area contributed by atoms with Gasteiger partial charge < -0.3 is 4.74 Å². The van der Waals surface area contributed by atoms with Crippen molar-refractivity contribution in [3.05, 3.63) is 99.6 Å². The van der Waals surface area contributed by atoms with E-state index >= 15 is 0 Å². The number of carbonyl (C=O) groups is 4. The van der Waals surface area contributed by atoms with Crippen LogP contribution in [0.2, 0.25) is 5.02 Å². The summed E-state index contributed by atoms with van der Waals surface area (Å²) in [5.41, 5.74) is 1.18. The molecule has 2 heterocycles. The van der Waals surface area contributed by atoms with Crippen LogP contribution >= 0.6 is 11.6 Å². The van der Waals surface area contributed by atoms with E-state index in [2.05, 4.69) is 0 Å². The Kier molecular flexibility index (Phi) is 4.66. The van der Waals surface area contributed by atoms with Gasteiger partial charge >= 0.3 is 0 Å². The normalized spacial score (nSPS) is 24.4. The van der Waals surface area contributed by atoms with Gasteiger partial charge in [0.15, 0.2) is 0 Å². The second-order valence-electron chi connectivity index (χ2n) is 9.29. The molecule has 0 aromatic heterocycles. The maximum Gasteiger partial charge on any atom is 0.241 e. The summed E-state index contributed by atoms with van der Waals surface area (Å²) in [4.78, 5) is 56.3. The number of fused-ring (bicyclic) bond motifs is 3. The molecule has 2 amide bonds. The maximum absolute atomic E-state index is 13.9. The quantitative estimate of drug-likeness (QED) is 0.390. The fourth-order valence-electron chi connectivity index (χ4n) is 5.63. The van der Waals surface area contributed by atoms with Gasteiger partial charge in [-0.15, -0.1) is 0 Å². The lowest BCUT2D eigenvalue weighted by molar-refractivity contribution is -0.127. The first-order chi connectivity index (χ1) is 16.8. The Hall–Kier alpha value is -3.61. The van der Waals surface area contributed by atoms with Crippen LogP contribution in [0.25, 0.3) is 0 Å². The fourth-order valence-corrected chi connectivity index (χ4v) is 5.85. The molecule has 6 nitrogen and oxygen atoms in total. The number of halogens is 1. The van der Waals surface area contributed by atoms with E-state index in [0.717, 1.165) is 16.0 Å². The van der Waals surface area contributed by atoms with Gasteiger partial charge in [-0.1, -0.05) is 66.2 Å². The number of hydrogen-bond acceptors (Lipinski definition) is 5. The van der Waals surface area contributed by atoms with Crippen molar-refractivity contribution in [1.82, 2.24) is 0 Å². The van der Waals surface area contributed by atoms with Gasteiger partial charge in [0.05, 0.1) is 28.6 Å². The summed E-state index contributed by atoms with van der Waals surface area (Å²) >= 11 is 6.35. The second-order valence-corrected chi connectivity index (χ2v) is 9.70. The number of carbonyl (C=O) groups excluding carboxylic acids is 4. The lowest BCUT2D eigenvalue weighted by Gasteiger charge is -2.27. The minimum Gasteiger partial charge on any atom is -0.349 e. The Morgan fingerprint density at radius 3 is 2.06 bits per heavy atom. The highest BCUT2D eigenvalue weighted by Crippen LogP contribution is 2.58. The number of anilines is 1. The number of amides is 2. The van der Waals surface area contributed by atoms with E-state index in [1.165, 1.54) is 0 Å². The number of ether oxygens (including phenoxy) is 1. The molecule has 1 spiro atoms. The molecule has 2 fully saturated rings. The Bertz CT molecular complexity index is 1440. The van der Waals surface area contributed by atoms with Crippen LogP contribution in [0, 0.1) is 25.7 Å². The molecule has 0 saturated carbocycles. The summed E-state index contributed by atoms with van der Waals surface area (Å²) in [5.74, 6) is -4.71. The van der Waals surface area contributed by atoms with E-state index in [0.29, 0.717) is 5.56 Å². The van der Waals surface area contributed by atoms with Gasteiger partial charge in [-0.05, 0) is 42.7 Å². The number of imide groups is 1. The van der Waals surface area contributed by atoms with E-state index in [1.807, 2.05) is 32.0 Å². The largest absolute Gasteiger partial charge is 0.349 e. The minimum atomic E-state index is -2.10. The highest BCUT2D eigenvalue weighted by Gasteiger charge is 2.74. The van der Waals surface area contributed by atoms with Gasteiger partial charge in [0.2, 0.25) is 29.0 Å². The number of rotatable bonds is 2. The summed E-state index contributed by atoms with van der Waals surface area (Å²) in [6.07, 6.45) is -0.953. The third kappa shape index (κ3) is 2.75. The molecule has 0 unspecified atom stereocenters. The summed E-state index contributed by atoms with van der Waals surface area (Å²) in [5, 5.41) is 0.222. The first-order valence-electron chi connectivity index (χ1n) is 11.3. The molecule has 2 saturated heterocycles. The van der Waals surface area contributed by atoms with E-state index in [9.17, 15) is 19.2 Å². The van der Waals surface area contributed by atoms with Crippen LogP contribution in [0.5, 0.6) is 0 Å². The SMILES string of the molecule is Cc1ccc([C@H]2OC3(C(=O)c4ccccc4C3=O)[C@@H]3C(=O)N(c4ccccc4Cl)C(=O)[C@H]23)cc1C. The summed E-state index contributed by atoms with van der Waals surface area (Å²) in [6, 6.07) is 18.5. The third-order valence-corrected chi connectivity index (χ3v) is 7.79. The molecule has 0 bridgehead atoms. The lowest BCUT2D eigenvalue weighted by Crippen LogP contribution is -2.51. The van der Waals surface area contributed by atoms with E-state index in [-0.39, 0.29) is 21.8 Å². The first-order valence-corrected chi connectivity index (χ1v) is 11.7. The molecule has 3 atom stereocenters. The summed E-state index contributed by atoms with van der Waals surface area (Å²) < 4.78 is 6.32. The molecule has 7 heteroatoms. The molecule has 174 valence electrons. The predicted molar refractivity (Wildman–Crippen MR) is 129 cm³/mol. The van der Waals surface area contributed by atoms with E-state index in [4.69, 9.17) is 16.3 Å². The predicted octanol–water partition coefficient (Wildman–Crippen LogP) is 4.65. The number of benzene rings is 3. The molecule has 3 aromatic rings.